The van der Waals surface area contributed by atoms with Gasteiger partial charge in [0.1, 0.15) is 0 Å². The number of nitrogens with one attached hydrogen (secondary N) is 1. The maximum atomic E-state index is 12.1. The average molecular weight is 320 g/mol. The molecule has 0 radical (unpaired) electrons. The minimum Gasteiger partial charge on any atom is -0.388 e. The van der Waals surface area contributed by atoms with Crippen molar-refractivity contribution >= 4 is 40.6 Å². The van der Waals surface area contributed by atoms with E-state index in [4.69, 9.17) is 11.6 Å². The molecule has 6 heteroatoms. The first-order chi connectivity index (χ1) is 9.00. The van der Waals surface area contributed by atoms with Crippen LogP contribution in [0.25, 0.3) is 0 Å². The molecule has 1 atom stereocenters. The molecule has 0 aliphatic carbocycles. The van der Waals surface area contributed by atoms with Crippen LogP contribution in [0.5, 0.6) is 0 Å². The molecule has 0 bridgehead atoms. The number of amides is 1. The Hall–Kier alpha value is -0.230. The fourth-order valence-corrected chi connectivity index (χ4v) is 4.39. The minimum absolute atomic E-state index is 0.0508. The van der Waals surface area contributed by atoms with Crippen LogP contribution in [-0.2, 0) is 4.79 Å². The normalized spacial score (nSPS) is 19.9. The van der Waals surface area contributed by atoms with Crippen LogP contribution in [0.4, 0.5) is 0 Å². The molecule has 1 aliphatic rings. The second kappa shape index (κ2) is 6.48. The first kappa shape index (κ1) is 15.2. The Labute approximate surface area is 126 Å². The van der Waals surface area contributed by atoms with Crippen molar-refractivity contribution in [2.75, 3.05) is 18.1 Å². The minimum atomic E-state index is -0.728. The second-order valence-electron chi connectivity index (χ2n) is 4.92. The highest BCUT2D eigenvalue weighted by Crippen LogP contribution is 2.29. The summed E-state index contributed by atoms with van der Waals surface area (Å²) in [6.07, 6.45) is 1.49. The van der Waals surface area contributed by atoms with Gasteiger partial charge in [0.15, 0.2) is 0 Å². The summed E-state index contributed by atoms with van der Waals surface area (Å²) in [6, 6.07) is 3.68. The van der Waals surface area contributed by atoms with Crippen molar-refractivity contribution in [3.8, 4) is 0 Å². The van der Waals surface area contributed by atoms with Gasteiger partial charge in [-0.05, 0) is 43.4 Å². The number of hydrogen-bond donors (Lipinski definition) is 2. The maximum absolute atomic E-state index is 12.1. The van der Waals surface area contributed by atoms with E-state index in [0.29, 0.717) is 10.9 Å². The Balaban J connectivity index is 1.87. The lowest BCUT2D eigenvalue weighted by Gasteiger charge is -2.32. The summed E-state index contributed by atoms with van der Waals surface area (Å²) in [5, 5.41) is 13.2. The van der Waals surface area contributed by atoms with Gasteiger partial charge in [-0.3, -0.25) is 4.79 Å². The molecule has 2 heterocycles. The zero-order chi connectivity index (χ0) is 13.9. The predicted molar refractivity (Wildman–Crippen MR) is 82.3 cm³/mol. The van der Waals surface area contributed by atoms with Gasteiger partial charge in [-0.1, -0.05) is 11.6 Å². The first-order valence-corrected chi connectivity index (χ1v) is 8.68. The Bertz CT molecular complexity index is 444. The summed E-state index contributed by atoms with van der Waals surface area (Å²) < 4.78 is 0.692. The SMILES string of the molecule is CC(C(=O)NCC1(O)CCSCC1)c1ccc(Cl)s1. The molecule has 1 aliphatic heterocycles. The summed E-state index contributed by atoms with van der Waals surface area (Å²) in [4.78, 5) is 13.0. The van der Waals surface area contributed by atoms with Gasteiger partial charge >= 0.3 is 0 Å². The molecular formula is C13H18ClNO2S2. The van der Waals surface area contributed by atoms with Crippen LogP contribution in [0.1, 0.15) is 30.6 Å². The quantitative estimate of drug-likeness (QED) is 0.897. The van der Waals surface area contributed by atoms with E-state index in [0.717, 1.165) is 29.2 Å². The topological polar surface area (TPSA) is 49.3 Å². The van der Waals surface area contributed by atoms with Crippen molar-refractivity contribution in [1.29, 1.82) is 0 Å². The van der Waals surface area contributed by atoms with Crippen LogP contribution < -0.4 is 5.32 Å². The van der Waals surface area contributed by atoms with Gasteiger partial charge in [-0.2, -0.15) is 11.8 Å². The Morgan fingerprint density at radius 2 is 2.21 bits per heavy atom. The van der Waals surface area contributed by atoms with Gasteiger partial charge < -0.3 is 10.4 Å². The maximum Gasteiger partial charge on any atom is 0.228 e. The second-order valence-corrected chi connectivity index (χ2v) is 7.89. The molecule has 1 aromatic heterocycles. The number of thiophene rings is 1. The highest BCUT2D eigenvalue weighted by atomic mass is 35.5. The third-order valence-electron chi connectivity index (χ3n) is 3.43. The molecule has 2 N–H and O–H groups in total. The van der Waals surface area contributed by atoms with Crippen molar-refractivity contribution in [2.24, 2.45) is 0 Å². The Morgan fingerprint density at radius 3 is 2.79 bits per heavy atom. The third-order valence-corrected chi connectivity index (χ3v) is 5.83. The van der Waals surface area contributed by atoms with Crippen molar-refractivity contribution in [3.05, 3.63) is 21.3 Å². The molecule has 2 rings (SSSR count). The smallest absolute Gasteiger partial charge is 0.228 e. The van der Waals surface area contributed by atoms with Gasteiger partial charge in [-0.15, -0.1) is 11.3 Å². The summed E-state index contributed by atoms with van der Waals surface area (Å²) in [5.74, 6) is 1.65. The lowest BCUT2D eigenvalue weighted by Crippen LogP contribution is -2.46. The number of aliphatic hydroxyl groups is 1. The molecule has 106 valence electrons. The van der Waals surface area contributed by atoms with Gasteiger partial charge in [-0.25, -0.2) is 0 Å². The predicted octanol–water partition coefficient (Wildman–Crippen LogP) is 2.88. The Morgan fingerprint density at radius 1 is 1.53 bits per heavy atom. The molecule has 19 heavy (non-hydrogen) atoms. The monoisotopic (exact) mass is 319 g/mol. The van der Waals surface area contributed by atoms with Gasteiger partial charge in [0, 0.05) is 11.4 Å². The zero-order valence-corrected chi connectivity index (χ0v) is 13.2. The zero-order valence-electron chi connectivity index (χ0n) is 10.8. The average Bonchev–Trinajstić information content (AvgIpc) is 2.83. The van der Waals surface area contributed by atoms with E-state index in [1.807, 2.05) is 24.8 Å². The van der Waals surface area contributed by atoms with Crippen LogP contribution in [-0.4, -0.2) is 34.7 Å². The molecule has 0 spiro atoms. The summed E-state index contributed by atoms with van der Waals surface area (Å²) in [6.45, 7) is 2.20. The van der Waals surface area contributed by atoms with E-state index in [-0.39, 0.29) is 11.8 Å². The molecule has 1 fully saturated rings. The molecule has 1 saturated heterocycles. The van der Waals surface area contributed by atoms with Crippen LogP contribution >= 0.6 is 34.7 Å². The largest absolute Gasteiger partial charge is 0.388 e. The Kier molecular flexibility index (Phi) is 5.17. The number of halogens is 1. The van der Waals surface area contributed by atoms with E-state index >= 15 is 0 Å². The van der Waals surface area contributed by atoms with Gasteiger partial charge in [0.2, 0.25) is 5.91 Å². The third kappa shape index (κ3) is 4.12. The van der Waals surface area contributed by atoms with Crippen molar-refractivity contribution < 1.29 is 9.90 Å². The van der Waals surface area contributed by atoms with Gasteiger partial charge in [0.25, 0.3) is 0 Å². The first-order valence-electron chi connectivity index (χ1n) is 6.33. The molecule has 0 aromatic carbocycles. The number of carbonyl (C=O) groups excluding carboxylic acids is 1. The highest BCUT2D eigenvalue weighted by Gasteiger charge is 2.30. The standard InChI is InChI=1S/C13H18ClNO2S2/c1-9(10-2-3-11(14)19-10)12(16)15-8-13(17)4-6-18-7-5-13/h2-3,9,17H,4-8H2,1H3,(H,15,16). The fourth-order valence-electron chi connectivity index (χ4n) is 2.02. The lowest BCUT2D eigenvalue weighted by atomic mass is 9.96. The van der Waals surface area contributed by atoms with E-state index in [1.54, 1.807) is 6.07 Å². The van der Waals surface area contributed by atoms with E-state index in [1.165, 1.54) is 11.3 Å². The molecule has 1 unspecified atom stereocenters. The number of thioether (sulfide) groups is 1. The van der Waals surface area contributed by atoms with Crippen LogP contribution in [0.3, 0.4) is 0 Å². The van der Waals surface area contributed by atoms with Crippen molar-refractivity contribution in [2.45, 2.75) is 31.3 Å². The van der Waals surface area contributed by atoms with Crippen molar-refractivity contribution in [1.82, 2.24) is 5.32 Å². The van der Waals surface area contributed by atoms with Crippen LogP contribution in [0.15, 0.2) is 12.1 Å². The molecule has 1 amide bonds. The molecule has 0 saturated carbocycles. The van der Waals surface area contributed by atoms with Crippen LogP contribution in [0.2, 0.25) is 4.34 Å². The molecule has 1 aromatic rings. The summed E-state index contributed by atoms with van der Waals surface area (Å²) in [5.41, 5.74) is -0.728. The molecular weight excluding hydrogens is 302 g/mol. The summed E-state index contributed by atoms with van der Waals surface area (Å²) in [7, 11) is 0. The molecule has 3 nitrogen and oxygen atoms in total. The summed E-state index contributed by atoms with van der Waals surface area (Å²) >= 11 is 9.15. The number of rotatable bonds is 4. The number of hydrogen-bond acceptors (Lipinski definition) is 4. The fraction of sp³-hybridized carbons (Fsp3) is 0.615. The lowest BCUT2D eigenvalue weighted by molar-refractivity contribution is -0.123. The highest BCUT2D eigenvalue weighted by molar-refractivity contribution is 7.99. The van der Waals surface area contributed by atoms with Gasteiger partial charge in [0.05, 0.1) is 15.9 Å². The number of carbonyl (C=O) groups is 1. The van der Waals surface area contributed by atoms with E-state index < -0.39 is 5.60 Å². The van der Waals surface area contributed by atoms with Crippen molar-refractivity contribution in [3.63, 3.8) is 0 Å². The van der Waals surface area contributed by atoms with Crippen LogP contribution in [0, 0.1) is 0 Å². The van der Waals surface area contributed by atoms with E-state index in [2.05, 4.69) is 5.32 Å². The van der Waals surface area contributed by atoms with E-state index in [9.17, 15) is 9.90 Å².